The van der Waals surface area contributed by atoms with Crippen LogP contribution in [0, 0.1) is 13.8 Å². The number of aromatic hydroxyl groups is 1. The van der Waals surface area contributed by atoms with Crippen LogP contribution in [-0.2, 0) is 0 Å². The molecule has 0 radical (unpaired) electrons. The molecule has 0 saturated carbocycles. The maximum atomic E-state index is 12.5. The lowest BCUT2D eigenvalue weighted by molar-refractivity contribution is 0.438. The van der Waals surface area contributed by atoms with E-state index in [4.69, 9.17) is 4.42 Å². The second-order valence-electron chi connectivity index (χ2n) is 6.19. The van der Waals surface area contributed by atoms with E-state index in [-0.39, 0.29) is 11.3 Å². The Morgan fingerprint density at radius 2 is 1.72 bits per heavy atom. The molecule has 0 aliphatic carbocycles. The summed E-state index contributed by atoms with van der Waals surface area (Å²) in [4.78, 5) is 15.9. The van der Waals surface area contributed by atoms with Crippen molar-refractivity contribution >= 4 is 10.9 Å². The van der Waals surface area contributed by atoms with Crippen LogP contribution in [0.4, 0.5) is 0 Å². The number of benzene rings is 2. The Balaban J connectivity index is 2.15. The molecule has 124 valence electrons. The topological polar surface area (TPSA) is 66.2 Å². The van der Waals surface area contributed by atoms with E-state index in [1.807, 2.05) is 55.5 Å². The maximum absolute atomic E-state index is 12.5. The molecule has 0 bridgehead atoms. The van der Waals surface area contributed by atoms with Crippen molar-refractivity contribution < 1.29 is 9.52 Å². The molecule has 4 aromatic rings. The molecule has 2 heterocycles. The molecule has 2 aromatic heterocycles. The summed E-state index contributed by atoms with van der Waals surface area (Å²) in [5.74, 6) is 0.303. The first-order valence-electron chi connectivity index (χ1n) is 8.06. The zero-order valence-corrected chi connectivity index (χ0v) is 14.0. The average molecular weight is 331 g/mol. The minimum Gasteiger partial charge on any atom is -0.507 e. The van der Waals surface area contributed by atoms with Crippen LogP contribution < -0.4 is 5.63 Å². The highest BCUT2D eigenvalue weighted by atomic mass is 16.4. The van der Waals surface area contributed by atoms with Crippen molar-refractivity contribution in [2.24, 2.45) is 0 Å². The van der Waals surface area contributed by atoms with Crippen molar-refractivity contribution in [3.8, 4) is 28.1 Å². The lowest BCUT2D eigenvalue weighted by Crippen LogP contribution is -2.04. The highest BCUT2D eigenvalue weighted by molar-refractivity contribution is 6.04. The summed E-state index contributed by atoms with van der Waals surface area (Å²) in [5, 5.41) is 11.4. The van der Waals surface area contributed by atoms with E-state index < -0.39 is 5.63 Å². The molecule has 0 aliphatic rings. The monoisotopic (exact) mass is 331 g/mol. The second kappa shape index (κ2) is 5.67. The SMILES string of the molecule is Cc1ccc2[nH]c(-c3ccccc3)c(-c3c(O)cc(C)oc3=O)c2c1. The minimum atomic E-state index is -0.544. The zero-order valence-electron chi connectivity index (χ0n) is 14.0. The van der Waals surface area contributed by atoms with Gasteiger partial charge in [0.25, 0.3) is 0 Å². The Hall–Kier alpha value is -3.27. The summed E-state index contributed by atoms with van der Waals surface area (Å²) < 4.78 is 5.25. The van der Waals surface area contributed by atoms with Gasteiger partial charge in [-0.2, -0.15) is 0 Å². The average Bonchev–Trinajstić information content (AvgIpc) is 2.93. The first kappa shape index (κ1) is 15.3. The van der Waals surface area contributed by atoms with Gasteiger partial charge in [-0.25, -0.2) is 4.79 Å². The number of fused-ring (bicyclic) bond motifs is 1. The van der Waals surface area contributed by atoms with Gasteiger partial charge >= 0.3 is 5.63 Å². The van der Waals surface area contributed by atoms with E-state index in [0.717, 1.165) is 27.7 Å². The van der Waals surface area contributed by atoms with Crippen LogP contribution in [0.15, 0.2) is 63.8 Å². The van der Waals surface area contributed by atoms with Crippen molar-refractivity contribution in [1.82, 2.24) is 4.98 Å². The van der Waals surface area contributed by atoms with E-state index in [1.165, 1.54) is 6.07 Å². The number of hydrogen-bond acceptors (Lipinski definition) is 3. The predicted molar refractivity (Wildman–Crippen MR) is 98.8 cm³/mol. The van der Waals surface area contributed by atoms with Gasteiger partial charge < -0.3 is 14.5 Å². The van der Waals surface area contributed by atoms with E-state index in [1.54, 1.807) is 6.92 Å². The molecule has 0 unspecified atom stereocenters. The molecule has 0 spiro atoms. The van der Waals surface area contributed by atoms with Crippen molar-refractivity contribution in [3.05, 3.63) is 76.3 Å². The third-order valence-electron chi connectivity index (χ3n) is 4.32. The van der Waals surface area contributed by atoms with Crippen LogP contribution in [0.5, 0.6) is 5.75 Å². The largest absolute Gasteiger partial charge is 0.507 e. The zero-order chi connectivity index (χ0) is 17.6. The third-order valence-corrected chi connectivity index (χ3v) is 4.32. The highest BCUT2D eigenvalue weighted by Crippen LogP contribution is 2.40. The smallest absolute Gasteiger partial charge is 0.347 e. The van der Waals surface area contributed by atoms with Crippen molar-refractivity contribution in [2.45, 2.75) is 13.8 Å². The minimum absolute atomic E-state index is 0.0756. The first-order chi connectivity index (χ1) is 12.0. The summed E-state index contributed by atoms with van der Waals surface area (Å²) in [6, 6.07) is 17.2. The Bertz CT molecular complexity index is 1140. The summed E-state index contributed by atoms with van der Waals surface area (Å²) in [5.41, 5.74) is 4.00. The fraction of sp³-hybridized carbons (Fsp3) is 0.0952. The van der Waals surface area contributed by atoms with Gasteiger partial charge in [0.1, 0.15) is 17.1 Å². The van der Waals surface area contributed by atoms with Crippen molar-refractivity contribution in [2.75, 3.05) is 0 Å². The first-order valence-corrected chi connectivity index (χ1v) is 8.06. The number of H-pyrrole nitrogens is 1. The molecule has 0 amide bonds. The van der Waals surface area contributed by atoms with E-state index in [9.17, 15) is 9.90 Å². The number of aromatic nitrogens is 1. The van der Waals surface area contributed by atoms with Crippen molar-refractivity contribution in [3.63, 3.8) is 0 Å². The lowest BCUT2D eigenvalue weighted by Gasteiger charge is -2.07. The fourth-order valence-electron chi connectivity index (χ4n) is 3.21. The van der Waals surface area contributed by atoms with E-state index in [2.05, 4.69) is 4.98 Å². The molecular weight excluding hydrogens is 314 g/mol. The summed E-state index contributed by atoms with van der Waals surface area (Å²) in [7, 11) is 0. The quantitative estimate of drug-likeness (QED) is 0.555. The fourth-order valence-corrected chi connectivity index (χ4v) is 3.21. The molecular formula is C21H17NO3. The van der Waals surface area contributed by atoms with Gasteiger partial charge in [-0.05, 0) is 31.5 Å². The third kappa shape index (κ3) is 2.52. The molecule has 2 N–H and O–H groups in total. The van der Waals surface area contributed by atoms with Crippen LogP contribution in [0.1, 0.15) is 11.3 Å². The van der Waals surface area contributed by atoms with E-state index >= 15 is 0 Å². The molecule has 4 rings (SSSR count). The predicted octanol–water partition coefficient (Wildman–Crippen LogP) is 4.78. The number of aryl methyl sites for hydroxylation is 2. The van der Waals surface area contributed by atoms with Gasteiger partial charge in [0.15, 0.2) is 0 Å². The molecule has 2 aromatic carbocycles. The number of aromatic amines is 1. The van der Waals surface area contributed by atoms with Gasteiger partial charge in [0, 0.05) is 22.5 Å². The van der Waals surface area contributed by atoms with Gasteiger partial charge in [-0.15, -0.1) is 0 Å². The molecule has 0 fully saturated rings. The van der Waals surface area contributed by atoms with Crippen LogP contribution in [0.25, 0.3) is 33.3 Å². The van der Waals surface area contributed by atoms with Crippen LogP contribution in [-0.4, -0.2) is 10.1 Å². The number of nitrogens with one attached hydrogen (secondary N) is 1. The molecule has 4 heteroatoms. The Morgan fingerprint density at radius 1 is 0.960 bits per heavy atom. The molecule has 0 saturated heterocycles. The van der Waals surface area contributed by atoms with Crippen LogP contribution in [0.3, 0.4) is 0 Å². The molecule has 25 heavy (non-hydrogen) atoms. The number of rotatable bonds is 2. The molecule has 4 nitrogen and oxygen atoms in total. The van der Waals surface area contributed by atoms with E-state index in [0.29, 0.717) is 11.3 Å². The Morgan fingerprint density at radius 3 is 2.44 bits per heavy atom. The standard InChI is InChI=1S/C21H17NO3/c1-12-8-9-16-15(10-12)18(19-17(23)11-13(2)25-21(19)24)20(22-16)14-6-4-3-5-7-14/h3-11,22-23H,1-2H3. The molecule has 0 aliphatic heterocycles. The van der Waals surface area contributed by atoms with Gasteiger partial charge in [-0.1, -0.05) is 42.0 Å². The summed E-state index contributed by atoms with van der Waals surface area (Å²) in [6.45, 7) is 3.64. The Kier molecular flexibility index (Phi) is 3.46. The number of hydrogen-bond donors (Lipinski definition) is 2. The Labute approximate surface area is 144 Å². The summed E-state index contributed by atoms with van der Waals surface area (Å²) >= 11 is 0. The maximum Gasteiger partial charge on any atom is 0.347 e. The van der Waals surface area contributed by atoms with Crippen LogP contribution >= 0.6 is 0 Å². The normalized spacial score (nSPS) is 11.1. The van der Waals surface area contributed by atoms with Gasteiger partial charge in [0.05, 0.1) is 5.69 Å². The molecule has 0 atom stereocenters. The van der Waals surface area contributed by atoms with Crippen LogP contribution in [0.2, 0.25) is 0 Å². The lowest BCUT2D eigenvalue weighted by atomic mass is 9.98. The van der Waals surface area contributed by atoms with Crippen molar-refractivity contribution in [1.29, 1.82) is 0 Å². The highest BCUT2D eigenvalue weighted by Gasteiger charge is 2.22. The summed E-state index contributed by atoms with van der Waals surface area (Å²) in [6.07, 6.45) is 0. The van der Waals surface area contributed by atoms with Gasteiger partial charge in [-0.3, -0.25) is 0 Å². The second-order valence-corrected chi connectivity index (χ2v) is 6.19. The van der Waals surface area contributed by atoms with Gasteiger partial charge in [0.2, 0.25) is 0 Å².